The summed E-state index contributed by atoms with van der Waals surface area (Å²) in [6.07, 6.45) is 4.58. The van der Waals surface area contributed by atoms with Gasteiger partial charge in [-0.25, -0.2) is 4.98 Å². The molecule has 0 amide bonds. The number of nitrogens with two attached hydrogens (primary N) is 1. The fourth-order valence-corrected chi connectivity index (χ4v) is 2.16. The maximum Gasteiger partial charge on any atom is 0.125 e. The number of hydrogen-bond acceptors (Lipinski definition) is 3. The second kappa shape index (κ2) is 3.56. The molecule has 1 aromatic carbocycles. The molecular weight excluding hydrogens is 202 g/mol. The molecule has 3 N–H and O–H groups in total. The van der Waals surface area contributed by atoms with Crippen LogP contribution in [0.2, 0.25) is 0 Å². The van der Waals surface area contributed by atoms with E-state index in [4.69, 9.17) is 10.5 Å². The van der Waals surface area contributed by atoms with Crippen molar-refractivity contribution >= 4 is 5.69 Å². The first-order valence-electron chi connectivity index (χ1n) is 5.36. The number of nitrogens with one attached hydrogen (secondary N) is 1. The number of hydrogen-bond donors (Lipinski definition) is 2. The lowest BCUT2D eigenvalue weighted by molar-refractivity contribution is 0.275. The summed E-state index contributed by atoms with van der Waals surface area (Å²) in [6.45, 7) is 0.710. The molecule has 0 bridgehead atoms. The SMILES string of the molecule is Nc1ccc2c(c1)OCCC2c1ncc[nH]1. The Morgan fingerprint density at radius 1 is 1.44 bits per heavy atom. The lowest BCUT2D eigenvalue weighted by atomic mass is 9.92. The van der Waals surface area contributed by atoms with Gasteiger partial charge in [0.25, 0.3) is 0 Å². The predicted octanol–water partition coefficient (Wildman–Crippen LogP) is 1.91. The minimum absolute atomic E-state index is 0.291. The van der Waals surface area contributed by atoms with Crippen molar-refractivity contribution in [1.29, 1.82) is 0 Å². The normalized spacial score (nSPS) is 18.9. The van der Waals surface area contributed by atoms with Crippen LogP contribution in [-0.4, -0.2) is 16.6 Å². The number of rotatable bonds is 1. The summed E-state index contributed by atoms with van der Waals surface area (Å²) in [6, 6.07) is 5.81. The minimum atomic E-state index is 0.291. The van der Waals surface area contributed by atoms with Gasteiger partial charge in [-0.05, 0) is 12.5 Å². The van der Waals surface area contributed by atoms with Crippen molar-refractivity contribution in [3.8, 4) is 5.75 Å². The van der Waals surface area contributed by atoms with E-state index < -0.39 is 0 Å². The number of nitrogens with zero attached hydrogens (tertiary/aromatic N) is 1. The molecule has 3 rings (SSSR count). The van der Waals surface area contributed by atoms with Crippen LogP contribution in [0.3, 0.4) is 0 Å². The maximum atomic E-state index is 5.74. The highest BCUT2D eigenvalue weighted by molar-refractivity contribution is 5.51. The molecule has 2 aromatic rings. The number of anilines is 1. The Morgan fingerprint density at radius 2 is 2.38 bits per heavy atom. The molecule has 1 aromatic heterocycles. The molecule has 0 radical (unpaired) electrons. The second-order valence-corrected chi connectivity index (χ2v) is 3.96. The fraction of sp³-hybridized carbons (Fsp3) is 0.250. The third-order valence-electron chi connectivity index (χ3n) is 2.93. The van der Waals surface area contributed by atoms with Crippen LogP contribution in [0.25, 0.3) is 0 Å². The van der Waals surface area contributed by atoms with Crippen LogP contribution in [0.4, 0.5) is 5.69 Å². The highest BCUT2D eigenvalue weighted by Gasteiger charge is 2.24. The average Bonchev–Trinajstić information content (AvgIpc) is 2.81. The standard InChI is InChI=1S/C12H13N3O/c13-8-1-2-9-10(12-14-4-5-15-12)3-6-16-11(9)7-8/h1-2,4-5,7,10H,3,6,13H2,(H,14,15). The maximum absolute atomic E-state index is 5.74. The quantitative estimate of drug-likeness (QED) is 0.714. The Labute approximate surface area is 93.5 Å². The van der Waals surface area contributed by atoms with Gasteiger partial charge in [0.05, 0.1) is 6.61 Å². The fourth-order valence-electron chi connectivity index (χ4n) is 2.16. The lowest BCUT2D eigenvalue weighted by Crippen LogP contribution is -2.16. The molecule has 2 heterocycles. The Bertz CT molecular complexity index is 493. The molecule has 1 aliphatic heterocycles. The predicted molar refractivity (Wildman–Crippen MR) is 61.4 cm³/mol. The van der Waals surface area contributed by atoms with Crippen LogP contribution in [0.1, 0.15) is 23.7 Å². The molecule has 0 fully saturated rings. The smallest absolute Gasteiger partial charge is 0.125 e. The van der Waals surface area contributed by atoms with Crippen molar-refractivity contribution in [3.05, 3.63) is 42.0 Å². The topological polar surface area (TPSA) is 63.9 Å². The summed E-state index contributed by atoms with van der Waals surface area (Å²) in [7, 11) is 0. The van der Waals surface area contributed by atoms with Gasteiger partial charge < -0.3 is 15.5 Å². The third-order valence-corrected chi connectivity index (χ3v) is 2.93. The number of nitrogen functional groups attached to an aromatic ring is 1. The molecule has 0 saturated carbocycles. The van der Waals surface area contributed by atoms with Gasteiger partial charge in [-0.15, -0.1) is 0 Å². The highest BCUT2D eigenvalue weighted by atomic mass is 16.5. The number of H-pyrrole nitrogens is 1. The summed E-state index contributed by atoms with van der Waals surface area (Å²) in [5.41, 5.74) is 7.64. The summed E-state index contributed by atoms with van der Waals surface area (Å²) >= 11 is 0. The zero-order valence-corrected chi connectivity index (χ0v) is 8.81. The van der Waals surface area contributed by atoms with E-state index in [-0.39, 0.29) is 0 Å². The zero-order valence-electron chi connectivity index (χ0n) is 8.81. The Balaban J connectivity index is 2.06. The molecule has 0 spiro atoms. The van der Waals surface area contributed by atoms with Gasteiger partial charge in [-0.3, -0.25) is 0 Å². The van der Waals surface area contributed by atoms with Crippen LogP contribution in [0, 0.1) is 0 Å². The molecule has 4 heteroatoms. The van der Waals surface area contributed by atoms with E-state index in [1.807, 2.05) is 24.4 Å². The number of ether oxygens (including phenoxy) is 1. The van der Waals surface area contributed by atoms with Crippen molar-refractivity contribution in [1.82, 2.24) is 9.97 Å². The van der Waals surface area contributed by atoms with Crippen LogP contribution in [0.15, 0.2) is 30.6 Å². The number of benzene rings is 1. The summed E-state index contributed by atoms with van der Waals surface area (Å²) < 4.78 is 5.61. The summed E-state index contributed by atoms with van der Waals surface area (Å²) in [5.74, 6) is 2.17. The van der Waals surface area contributed by atoms with Crippen LogP contribution < -0.4 is 10.5 Å². The number of fused-ring (bicyclic) bond motifs is 1. The van der Waals surface area contributed by atoms with Crippen LogP contribution >= 0.6 is 0 Å². The Morgan fingerprint density at radius 3 is 3.19 bits per heavy atom. The molecule has 0 saturated heterocycles. The van der Waals surface area contributed by atoms with E-state index in [0.29, 0.717) is 12.5 Å². The van der Waals surface area contributed by atoms with Crippen molar-refractivity contribution in [2.75, 3.05) is 12.3 Å². The highest BCUT2D eigenvalue weighted by Crippen LogP contribution is 2.37. The largest absolute Gasteiger partial charge is 0.493 e. The van der Waals surface area contributed by atoms with E-state index in [1.54, 1.807) is 6.20 Å². The first-order chi connectivity index (χ1) is 7.84. The molecule has 4 nitrogen and oxygen atoms in total. The Kier molecular flexibility index (Phi) is 2.06. The van der Waals surface area contributed by atoms with Gasteiger partial charge in [0.2, 0.25) is 0 Å². The molecule has 16 heavy (non-hydrogen) atoms. The number of imidazole rings is 1. The molecule has 1 atom stereocenters. The van der Waals surface area contributed by atoms with Gasteiger partial charge in [-0.2, -0.15) is 0 Å². The van der Waals surface area contributed by atoms with Gasteiger partial charge in [0.15, 0.2) is 0 Å². The van der Waals surface area contributed by atoms with E-state index in [1.165, 1.54) is 0 Å². The van der Waals surface area contributed by atoms with Gasteiger partial charge in [0.1, 0.15) is 11.6 Å². The van der Waals surface area contributed by atoms with Gasteiger partial charge >= 0.3 is 0 Å². The van der Waals surface area contributed by atoms with Crippen molar-refractivity contribution in [2.24, 2.45) is 0 Å². The first kappa shape index (κ1) is 9.27. The molecule has 1 aliphatic rings. The van der Waals surface area contributed by atoms with Crippen molar-refractivity contribution in [3.63, 3.8) is 0 Å². The van der Waals surface area contributed by atoms with E-state index in [2.05, 4.69) is 9.97 Å². The minimum Gasteiger partial charge on any atom is -0.493 e. The van der Waals surface area contributed by atoms with Crippen LogP contribution in [0.5, 0.6) is 5.75 Å². The molecular formula is C12H13N3O. The van der Waals surface area contributed by atoms with E-state index in [0.717, 1.165) is 29.2 Å². The number of aromatic amines is 1. The summed E-state index contributed by atoms with van der Waals surface area (Å²) in [5, 5.41) is 0. The number of aromatic nitrogens is 2. The van der Waals surface area contributed by atoms with Crippen molar-refractivity contribution < 1.29 is 4.74 Å². The van der Waals surface area contributed by atoms with Gasteiger partial charge in [-0.1, -0.05) is 6.07 Å². The third kappa shape index (κ3) is 1.43. The second-order valence-electron chi connectivity index (χ2n) is 3.96. The first-order valence-corrected chi connectivity index (χ1v) is 5.36. The monoisotopic (exact) mass is 215 g/mol. The van der Waals surface area contributed by atoms with Crippen LogP contribution in [-0.2, 0) is 0 Å². The van der Waals surface area contributed by atoms with Gasteiger partial charge in [0, 0.05) is 35.6 Å². The van der Waals surface area contributed by atoms with E-state index in [9.17, 15) is 0 Å². The molecule has 0 aliphatic carbocycles. The van der Waals surface area contributed by atoms with E-state index >= 15 is 0 Å². The zero-order chi connectivity index (χ0) is 11.0. The average molecular weight is 215 g/mol. The van der Waals surface area contributed by atoms with Crippen molar-refractivity contribution in [2.45, 2.75) is 12.3 Å². The Hall–Kier alpha value is -1.97. The molecule has 82 valence electrons. The summed E-state index contributed by atoms with van der Waals surface area (Å²) in [4.78, 5) is 7.48. The molecule has 1 unspecified atom stereocenters. The lowest BCUT2D eigenvalue weighted by Gasteiger charge is -2.24.